The van der Waals surface area contributed by atoms with Crippen LogP contribution in [0, 0.1) is 0 Å². The van der Waals surface area contributed by atoms with Crippen molar-refractivity contribution in [1.29, 1.82) is 0 Å². The topological polar surface area (TPSA) is 27.7 Å². The summed E-state index contributed by atoms with van der Waals surface area (Å²) in [4.78, 5) is 5.16. The fourth-order valence-corrected chi connectivity index (χ4v) is 3.15. The van der Waals surface area contributed by atoms with E-state index < -0.39 is 0 Å². The molecule has 0 atom stereocenters. The molecule has 0 bridgehead atoms. The predicted octanol–water partition coefficient (Wildman–Crippen LogP) is 1.56. The summed E-state index contributed by atoms with van der Waals surface area (Å²) in [5.41, 5.74) is 1.38. The monoisotopic (exact) mass is 289 g/mol. The van der Waals surface area contributed by atoms with Crippen molar-refractivity contribution >= 4 is 0 Å². The lowest BCUT2D eigenvalue weighted by molar-refractivity contribution is 0.0223. The van der Waals surface area contributed by atoms with Crippen molar-refractivity contribution < 1.29 is 4.74 Å². The van der Waals surface area contributed by atoms with Crippen molar-refractivity contribution in [2.24, 2.45) is 0 Å². The Kier molecular flexibility index (Phi) is 4.78. The zero-order chi connectivity index (χ0) is 14.7. The van der Waals surface area contributed by atoms with Gasteiger partial charge in [-0.25, -0.2) is 0 Å². The molecular weight excluding hydrogens is 262 g/mol. The third-order valence-corrected chi connectivity index (χ3v) is 4.31. The van der Waals surface area contributed by atoms with Crippen molar-refractivity contribution in [2.45, 2.75) is 32.5 Å². The van der Waals surface area contributed by atoms with Crippen LogP contribution >= 0.6 is 0 Å². The second-order valence-corrected chi connectivity index (χ2v) is 6.44. The van der Waals surface area contributed by atoms with E-state index in [0.717, 1.165) is 31.4 Å². The van der Waals surface area contributed by atoms with E-state index >= 15 is 0 Å². The van der Waals surface area contributed by atoms with Crippen LogP contribution in [0.1, 0.15) is 19.4 Å². The van der Waals surface area contributed by atoms with E-state index in [2.05, 4.69) is 53.2 Å². The lowest BCUT2D eigenvalue weighted by Crippen LogP contribution is -2.62. The van der Waals surface area contributed by atoms with Gasteiger partial charge in [-0.3, -0.25) is 9.80 Å². The molecule has 2 heterocycles. The lowest BCUT2D eigenvalue weighted by atomic mass is 10.0. The second-order valence-electron chi connectivity index (χ2n) is 6.44. The van der Waals surface area contributed by atoms with Crippen molar-refractivity contribution in [3.05, 3.63) is 29.8 Å². The van der Waals surface area contributed by atoms with E-state index in [1.807, 2.05) is 0 Å². The molecule has 4 nitrogen and oxygen atoms in total. The number of hydrogen-bond donors (Lipinski definition) is 1. The maximum absolute atomic E-state index is 5.68. The normalized spacial score (nSPS) is 21.5. The van der Waals surface area contributed by atoms with Gasteiger partial charge in [0.2, 0.25) is 0 Å². The molecular formula is C17H27N3O. The summed E-state index contributed by atoms with van der Waals surface area (Å²) >= 11 is 0. The van der Waals surface area contributed by atoms with Crippen LogP contribution < -0.4 is 10.1 Å². The number of nitrogens with zero attached hydrogens (tertiary/aromatic N) is 2. The van der Waals surface area contributed by atoms with Gasteiger partial charge in [-0.05, 0) is 31.5 Å². The van der Waals surface area contributed by atoms with Gasteiger partial charge < -0.3 is 10.1 Å². The highest BCUT2D eigenvalue weighted by Gasteiger charge is 2.31. The molecule has 21 heavy (non-hydrogen) atoms. The van der Waals surface area contributed by atoms with Crippen LogP contribution in [-0.2, 0) is 6.54 Å². The molecule has 1 aromatic rings. The molecule has 0 aromatic heterocycles. The summed E-state index contributed by atoms with van der Waals surface area (Å²) in [6.45, 7) is 12.3. The largest absolute Gasteiger partial charge is 0.491 e. The summed E-state index contributed by atoms with van der Waals surface area (Å²) in [7, 11) is 0. The van der Waals surface area contributed by atoms with E-state index in [9.17, 15) is 0 Å². The zero-order valence-corrected chi connectivity index (χ0v) is 13.2. The highest BCUT2D eigenvalue weighted by molar-refractivity contribution is 5.27. The van der Waals surface area contributed by atoms with Crippen LogP contribution in [0.25, 0.3) is 0 Å². The Bertz CT molecular complexity index is 434. The number of likely N-dealkylation sites (tertiary alicyclic amines) is 1. The highest BCUT2D eigenvalue weighted by Crippen LogP contribution is 2.20. The maximum atomic E-state index is 5.68. The first-order valence-corrected chi connectivity index (χ1v) is 8.13. The summed E-state index contributed by atoms with van der Waals surface area (Å²) in [6, 6.07) is 9.33. The first-order valence-electron chi connectivity index (χ1n) is 8.13. The van der Waals surface area contributed by atoms with E-state index in [1.165, 1.54) is 31.7 Å². The third kappa shape index (κ3) is 3.96. The molecule has 0 unspecified atom stereocenters. The SMILES string of the molecule is CC(C)Oc1ccc(CN2CC(N3CCNCC3)C2)cc1. The number of benzene rings is 1. The Balaban J connectivity index is 1.43. The number of hydrogen-bond acceptors (Lipinski definition) is 4. The van der Waals surface area contributed by atoms with E-state index in [4.69, 9.17) is 4.74 Å². The molecule has 0 radical (unpaired) electrons. The quantitative estimate of drug-likeness (QED) is 0.890. The average Bonchev–Trinajstić information content (AvgIpc) is 2.44. The van der Waals surface area contributed by atoms with Gasteiger partial charge in [-0.15, -0.1) is 0 Å². The van der Waals surface area contributed by atoms with Gasteiger partial charge in [0, 0.05) is 51.9 Å². The summed E-state index contributed by atoms with van der Waals surface area (Å²) in [5.74, 6) is 0.969. The van der Waals surface area contributed by atoms with E-state index in [-0.39, 0.29) is 6.10 Å². The van der Waals surface area contributed by atoms with Gasteiger partial charge in [0.1, 0.15) is 5.75 Å². The van der Waals surface area contributed by atoms with Crippen molar-refractivity contribution in [3.63, 3.8) is 0 Å². The highest BCUT2D eigenvalue weighted by atomic mass is 16.5. The molecule has 1 aromatic carbocycles. The molecule has 1 N–H and O–H groups in total. The number of piperazine rings is 1. The minimum Gasteiger partial charge on any atom is -0.491 e. The molecule has 0 saturated carbocycles. The summed E-state index contributed by atoms with van der Waals surface area (Å²) in [5, 5.41) is 3.42. The summed E-state index contributed by atoms with van der Waals surface area (Å²) in [6.07, 6.45) is 0.242. The molecule has 2 saturated heterocycles. The van der Waals surface area contributed by atoms with Crippen LogP contribution in [0.15, 0.2) is 24.3 Å². The van der Waals surface area contributed by atoms with E-state index in [0.29, 0.717) is 0 Å². The predicted molar refractivity (Wildman–Crippen MR) is 85.7 cm³/mol. The number of nitrogens with one attached hydrogen (secondary N) is 1. The standard InChI is InChI=1S/C17H27N3O/c1-14(2)21-17-5-3-15(4-6-17)11-19-12-16(13-19)20-9-7-18-8-10-20/h3-6,14,16,18H,7-13H2,1-2H3. The Morgan fingerprint density at radius 1 is 1.14 bits per heavy atom. The Hall–Kier alpha value is -1.10. The van der Waals surface area contributed by atoms with Crippen molar-refractivity contribution in [1.82, 2.24) is 15.1 Å². The Morgan fingerprint density at radius 3 is 2.43 bits per heavy atom. The molecule has 2 fully saturated rings. The third-order valence-electron chi connectivity index (χ3n) is 4.31. The van der Waals surface area contributed by atoms with Crippen LogP contribution in [0.4, 0.5) is 0 Å². The van der Waals surface area contributed by atoms with Crippen molar-refractivity contribution in [3.8, 4) is 5.75 Å². The molecule has 2 aliphatic rings. The van der Waals surface area contributed by atoms with Crippen LogP contribution in [-0.4, -0.2) is 61.2 Å². The molecule has 0 amide bonds. The smallest absolute Gasteiger partial charge is 0.119 e. The van der Waals surface area contributed by atoms with Gasteiger partial charge in [0.05, 0.1) is 6.10 Å². The Morgan fingerprint density at radius 2 is 1.81 bits per heavy atom. The summed E-state index contributed by atoms with van der Waals surface area (Å²) < 4.78 is 5.68. The van der Waals surface area contributed by atoms with Gasteiger partial charge in [0.25, 0.3) is 0 Å². The fourth-order valence-electron chi connectivity index (χ4n) is 3.15. The zero-order valence-electron chi connectivity index (χ0n) is 13.2. The molecule has 0 aliphatic carbocycles. The second kappa shape index (κ2) is 6.77. The van der Waals surface area contributed by atoms with Crippen LogP contribution in [0.2, 0.25) is 0 Å². The van der Waals surface area contributed by atoms with Gasteiger partial charge in [0.15, 0.2) is 0 Å². The van der Waals surface area contributed by atoms with E-state index in [1.54, 1.807) is 0 Å². The van der Waals surface area contributed by atoms with Crippen molar-refractivity contribution in [2.75, 3.05) is 39.3 Å². The minimum absolute atomic E-state index is 0.242. The van der Waals surface area contributed by atoms with Crippen LogP contribution in [0.3, 0.4) is 0 Å². The minimum atomic E-state index is 0.242. The molecule has 0 spiro atoms. The molecule has 3 rings (SSSR count). The molecule has 4 heteroatoms. The first-order chi connectivity index (χ1) is 10.2. The number of rotatable bonds is 5. The first kappa shape index (κ1) is 14.8. The molecule has 2 aliphatic heterocycles. The Labute approximate surface area is 128 Å². The lowest BCUT2D eigenvalue weighted by Gasteiger charge is -2.46. The molecule has 116 valence electrons. The van der Waals surface area contributed by atoms with Gasteiger partial charge in [-0.1, -0.05) is 12.1 Å². The maximum Gasteiger partial charge on any atom is 0.119 e. The van der Waals surface area contributed by atoms with Crippen LogP contribution in [0.5, 0.6) is 5.75 Å². The van der Waals surface area contributed by atoms with Gasteiger partial charge in [-0.2, -0.15) is 0 Å². The number of ether oxygens (including phenoxy) is 1. The fraction of sp³-hybridized carbons (Fsp3) is 0.647. The average molecular weight is 289 g/mol. The van der Waals surface area contributed by atoms with Gasteiger partial charge >= 0.3 is 0 Å².